The van der Waals surface area contributed by atoms with E-state index in [1.165, 1.54) is 19.2 Å². The summed E-state index contributed by atoms with van der Waals surface area (Å²) in [6, 6.07) is 10.1. The van der Waals surface area contributed by atoms with E-state index in [-0.39, 0.29) is 17.9 Å². The number of halogens is 2. The van der Waals surface area contributed by atoms with E-state index < -0.39 is 11.7 Å². The van der Waals surface area contributed by atoms with Gasteiger partial charge in [0.15, 0.2) is 0 Å². The van der Waals surface area contributed by atoms with Gasteiger partial charge in [0, 0.05) is 32.9 Å². The van der Waals surface area contributed by atoms with Gasteiger partial charge in [0.2, 0.25) is 5.95 Å². The molecule has 9 nitrogen and oxygen atoms in total. The minimum absolute atomic E-state index is 0.115. The van der Waals surface area contributed by atoms with Gasteiger partial charge in [-0.15, -0.1) is 0 Å². The van der Waals surface area contributed by atoms with Crippen molar-refractivity contribution < 1.29 is 18.3 Å². The zero-order valence-electron chi connectivity index (χ0n) is 20.5. The number of carbonyl (C=O) groups excluding carboxylic acids is 1. The molecule has 5 rings (SSSR count). The number of amides is 1. The monoisotopic (exact) mass is 507 g/mol. The first-order chi connectivity index (χ1) is 18.0. The highest BCUT2D eigenvalue weighted by Gasteiger charge is 2.22. The maximum Gasteiger partial charge on any atom is 0.256 e. The van der Waals surface area contributed by atoms with Crippen molar-refractivity contribution in [2.24, 2.45) is 0 Å². The van der Waals surface area contributed by atoms with Crippen LogP contribution < -0.4 is 20.7 Å². The van der Waals surface area contributed by atoms with E-state index in [9.17, 15) is 13.6 Å². The number of hydrogen-bond donors (Lipinski definition) is 4. The highest BCUT2D eigenvalue weighted by atomic mass is 19.1. The van der Waals surface area contributed by atoms with Crippen LogP contribution in [0.2, 0.25) is 0 Å². The summed E-state index contributed by atoms with van der Waals surface area (Å²) in [5.41, 5.74) is 3.75. The summed E-state index contributed by atoms with van der Waals surface area (Å²) < 4.78 is 33.1. The molecule has 11 heteroatoms. The summed E-state index contributed by atoms with van der Waals surface area (Å²) in [5, 5.41) is 8.83. The maximum atomic E-state index is 14.5. The number of rotatable bonds is 8. The van der Waals surface area contributed by atoms with Crippen molar-refractivity contribution in [2.75, 3.05) is 44.6 Å². The van der Waals surface area contributed by atoms with Crippen LogP contribution >= 0.6 is 0 Å². The molecule has 0 saturated carbocycles. The van der Waals surface area contributed by atoms with E-state index in [0.717, 1.165) is 24.1 Å². The Labute approximate surface area is 212 Å². The number of aromatic amines is 1. The lowest BCUT2D eigenvalue weighted by Crippen LogP contribution is -2.32. The standard InChI is InChI=1S/C26H27F2N7O2/c1-29-25(36)22-18(28)4-3-5-19(22)31-24-17-6-9-30-23(17)33-26(34-24)32-20-12-16-14-35(11-8-27)10-7-15(16)13-21(20)37-2/h3-6,9,12-13H,7-8,10-11,14H2,1-2H3,(H,29,36)(H3,30,31,32,33,34). The topological polar surface area (TPSA) is 107 Å². The first kappa shape index (κ1) is 24.4. The van der Waals surface area contributed by atoms with Gasteiger partial charge in [-0.3, -0.25) is 9.69 Å². The quantitative estimate of drug-likeness (QED) is 0.283. The van der Waals surface area contributed by atoms with E-state index in [0.29, 0.717) is 47.7 Å². The molecule has 1 amide bonds. The fourth-order valence-electron chi connectivity index (χ4n) is 4.55. The lowest BCUT2D eigenvalue weighted by Gasteiger charge is -2.29. The van der Waals surface area contributed by atoms with Crippen molar-refractivity contribution in [1.29, 1.82) is 0 Å². The second-order valence-corrected chi connectivity index (χ2v) is 8.67. The van der Waals surface area contributed by atoms with Gasteiger partial charge in [-0.05, 0) is 47.9 Å². The van der Waals surface area contributed by atoms with Gasteiger partial charge in [0.1, 0.15) is 29.9 Å². The summed E-state index contributed by atoms with van der Waals surface area (Å²) >= 11 is 0. The molecule has 0 spiro atoms. The molecule has 37 heavy (non-hydrogen) atoms. The molecule has 3 heterocycles. The Balaban J connectivity index is 1.50. The van der Waals surface area contributed by atoms with E-state index in [4.69, 9.17) is 4.74 Å². The highest BCUT2D eigenvalue weighted by Crippen LogP contribution is 2.36. The Hall–Kier alpha value is -4.25. The number of H-pyrrole nitrogens is 1. The Bertz CT molecular complexity index is 1410. The molecule has 0 saturated heterocycles. The molecule has 0 unspecified atom stereocenters. The number of nitrogens with zero attached hydrogens (tertiary/aromatic N) is 3. The molecule has 192 valence electrons. The average molecular weight is 508 g/mol. The average Bonchev–Trinajstić information content (AvgIpc) is 3.37. The van der Waals surface area contributed by atoms with Crippen molar-refractivity contribution in [3.8, 4) is 17.1 Å². The molecule has 4 N–H and O–H groups in total. The van der Waals surface area contributed by atoms with Crippen LogP contribution in [0.1, 0.15) is 21.5 Å². The molecule has 0 aromatic heterocycles. The number of hydrogen-bond acceptors (Lipinski definition) is 7. The molecule has 0 radical (unpaired) electrons. The minimum atomic E-state index is -0.650. The Morgan fingerprint density at radius 1 is 1.19 bits per heavy atom. The molecule has 0 aliphatic carbocycles. The highest BCUT2D eigenvalue weighted by molar-refractivity contribution is 6.00. The van der Waals surface area contributed by atoms with Crippen LogP contribution in [-0.4, -0.2) is 59.7 Å². The fraction of sp³-hybridized carbons (Fsp3) is 0.269. The molecule has 3 aliphatic heterocycles. The summed E-state index contributed by atoms with van der Waals surface area (Å²) in [4.78, 5) is 26.6. The van der Waals surface area contributed by atoms with Crippen molar-refractivity contribution in [3.63, 3.8) is 0 Å². The molecule has 2 aromatic rings. The third kappa shape index (κ3) is 4.90. The van der Waals surface area contributed by atoms with Crippen LogP contribution in [0.3, 0.4) is 0 Å². The summed E-state index contributed by atoms with van der Waals surface area (Å²) in [7, 11) is 3.04. The summed E-state index contributed by atoms with van der Waals surface area (Å²) in [6.45, 7) is 1.46. The van der Waals surface area contributed by atoms with E-state index >= 15 is 0 Å². The molecule has 3 aliphatic rings. The second kappa shape index (κ2) is 10.4. The number of carbonyl (C=O) groups is 1. The van der Waals surface area contributed by atoms with Gasteiger partial charge in [-0.2, -0.15) is 4.98 Å². The first-order valence-corrected chi connectivity index (χ1v) is 11.9. The Morgan fingerprint density at radius 2 is 2.05 bits per heavy atom. The molecule has 0 atom stereocenters. The number of ether oxygens (including phenoxy) is 1. The number of fused-ring (bicyclic) bond motifs is 2. The number of alkyl halides is 1. The third-order valence-electron chi connectivity index (χ3n) is 6.40. The largest absolute Gasteiger partial charge is 0.495 e. The van der Waals surface area contributed by atoms with Crippen molar-refractivity contribution in [2.45, 2.75) is 13.0 Å². The van der Waals surface area contributed by atoms with Gasteiger partial charge in [0.25, 0.3) is 5.91 Å². The normalized spacial score (nSPS) is 13.3. The van der Waals surface area contributed by atoms with Crippen LogP contribution in [0.5, 0.6) is 5.75 Å². The SMILES string of the molecule is CNC(=O)c1c(F)cccc1Nc1nc(Nc2cc3c(cc2OC)CCN(CCF)C3)[nH]c2nccc1-2. The molecular formula is C26H27F2N7O2. The van der Waals surface area contributed by atoms with Crippen LogP contribution in [-0.2, 0) is 13.0 Å². The van der Waals surface area contributed by atoms with Crippen LogP contribution in [0.15, 0.2) is 42.6 Å². The molecule has 2 aromatic carbocycles. The summed E-state index contributed by atoms with van der Waals surface area (Å²) in [5.74, 6) is 0.729. The number of methoxy groups -OCH3 is 1. The van der Waals surface area contributed by atoms with Crippen LogP contribution in [0, 0.1) is 5.82 Å². The van der Waals surface area contributed by atoms with Gasteiger partial charge >= 0.3 is 0 Å². The molecule has 0 bridgehead atoms. The number of nitrogens with one attached hydrogen (secondary N) is 4. The van der Waals surface area contributed by atoms with Gasteiger partial charge < -0.3 is 25.7 Å². The second-order valence-electron chi connectivity index (χ2n) is 8.67. The van der Waals surface area contributed by atoms with Crippen LogP contribution in [0.4, 0.5) is 31.9 Å². The zero-order chi connectivity index (χ0) is 25.9. The summed E-state index contributed by atoms with van der Waals surface area (Å²) in [6.07, 6.45) is 2.44. The lowest BCUT2D eigenvalue weighted by atomic mass is 9.98. The number of aromatic nitrogens is 3. The van der Waals surface area contributed by atoms with E-state index in [2.05, 4.69) is 35.8 Å². The maximum absolute atomic E-state index is 14.5. The van der Waals surface area contributed by atoms with Crippen LogP contribution in [0.25, 0.3) is 11.4 Å². The van der Waals surface area contributed by atoms with Gasteiger partial charge in [0.05, 0.1) is 29.6 Å². The molecular weight excluding hydrogens is 480 g/mol. The van der Waals surface area contributed by atoms with Crippen molar-refractivity contribution >= 4 is 29.0 Å². The van der Waals surface area contributed by atoms with Crippen molar-refractivity contribution in [1.82, 2.24) is 25.2 Å². The number of anilines is 4. The fourth-order valence-corrected chi connectivity index (χ4v) is 4.55. The van der Waals surface area contributed by atoms with Gasteiger partial charge in [-0.25, -0.2) is 13.8 Å². The minimum Gasteiger partial charge on any atom is -0.495 e. The Morgan fingerprint density at radius 3 is 2.84 bits per heavy atom. The first-order valence-electron chi connectivity index (χ1n) is 11.9. The van der Waals surface area contributed by atoms with Crippen molar-refractivity contribution in [3.05, 3.63) is 65.1 Å². The van der Waals surface area contributed by atoms with Gasteiger partial charge in [-0.1, -0.05) is 6.07 Å². The lowest BCUT2D eigenvalue weighted by molar-refractivity contribution is 0.0960. The predicted octanol–water partition coefficient (Wildman–Crippen LogP) is 4.23. The smallest absolute Gasteiger partial charge is 0.256 e. The zero-order valence-corrected chi connectivity index (χ0v) is 20.5. The van der Waals surface area contributed by atoms with E-state index in [1.807, 2.05) is 12.1 Å². The third-order valence-corrected chi connectivity index (χ3v) is 6.40. The molecule has 0 fully saturated rings. The van der Waals surface area contributed by atoms with E-state index in [1.54, 1.807) is 25.4 Å². The Kier molecular flexibility index (Phi) is 6.87. The number of benzene rings is 2. The predicted molar refractivity (Wildman–Crippen MR) is 137 cm³/mol.